The van der Waals surface area contributed by atoms with Crippen molar-refractivity contribution in [2.45, 2.75) is 44.8 Å². The Hall–Kier alpha value is -1.59. The van der Waals surface area contributed by atoms with Gasteiger partial charge in [0.25, 0.3) is 0 Å². The average molecular weight is 332 g/mol. The second-order valence-corrected chi connectivity index (χ2v) is 7.32. The van der Waals surface area contributed by atoms with Crippen molar-refractivity contribution in [2.24, 2.45) is 0 Å². The number of ether oxygens (including phenoxy) is 1. The monoisotopic (exact) mass is 332 g/mol. The van der Waals surface area contributed by atoms with Crippen LogP contribution in [0.5, 0.6) is 5.75 Å². The van der Waals surface area contributed by atoms with Crippen molar-refractivity contribution in [3.8, 4) is 5.75 Å². The smallest absolute Gasteiger partial charge is 0.219 e. The topological polar surface area (TPSA) is 53.0 Å². The molecule has 1 atom stereocenters. The summed E-state index contributed by atoms with van der Waals surface area (Å²) in [5.74, 6) is 0.766. The molecule has 1 N–H and O–H groups in total. The van der Waals surface area contributed by atoms with Gasteiger partial charge in [-0.3, -0.25) is 9.69 Å². The molecule has 2 fully saturated rings. The Bertz CT molecular complexity index is 570. The van der Waals surface area contributed by atoms with Crippen LogP contribution in [0.1, 0.15) is 31.7 Å². The predicted molar refractivity (Wildman–Crippen MR) is 93.1 cm³/mol. The molecule has 1 aromatic carbocycles. The minimum atomic E-state index is -1.04. The van der Waals surface area contributed by atoms with E-state index in [9.17, 15) is 9.90 Å². The van der Waals surface area contributed by atoms with Gasteiger partial charge in [0.15, 0.2) is 0 Å². The summed E-state index contributed by atoms with van der Waals surface area (Å²) in [7, 11) is 0. The van der Waals surface area contributed by atoms with Crippen molar-refractivity contribution in [1.82, 2.24) is 9.80 Å². The summed E-state index contributed by atoms with van der Waals surface area (Å²) >= 11 is 0. The van der Waals surface area contributed by atoms with Crippen molar-refractivity contribution in [2.75, 3.05) is 32.8 Å². The summed E-state index contributed by atoms with van der Waals surface area (Å²) < 4.78 is 5.85. The van der Waals surface area contributed by atoms with Crippen molar-refractivity contribution in [3.05, 3.63) is 29.8 Å². The van der Waals surface area contributed by atoms with Gasteiger partial charge in [-0.2, -0.15) is 0 Å². The third-order valence-electron chi connectivity index (χ3n) is 5.20. The molecular weight excluding hydrogens is 304 g/mol. The van der Waals surface area contributed by atoms with E-state index in [4.69, 9.17) is 4.74 Å². The van der Waals surface area contributed by atoms with E-state index in [0.29, 0.717) is 25.7 Å². The van der Waals surface area contributed by atoms with Crippen LogP contribution in [0.25, 0.3) is 0 Å². The maximum atomic E-state index is 11.9. The lowest BCUT2D eigenvalue weighted by Gasteiger charge is -2.40. The van der Waals surface area contributed by atoms with Crippen LogP contribution in [-0.2, 0) is 4.79 Å². The largest absolute Gasteiger partial charge is 0.490 e. The summed E-state index contributed by atoms with van der Waals surface area (Å²) in [6, 6.07) is 8.37. The molecule has 1 amide bonds. The zero-order chi connectivity index (χ0) is 17.2. The van der Waals surface area contributed by atoms with Gasteiger partial charge in [-0.15, -0.1) is 0 Å². The highest BCUT2D eigenvalue weighted by Gasteiger charge is 2.39. The zero-order valence-electron chi connectivity index (χ0n) is 14.7. The van der Waals surface area contributed by atoms with Crippen molar-refractivity contribution >= 4 is 5.91 Å². The molecule has 1 saturated heterocycles. The van der Waals surface area contributed by atoms with Gasteiger partial charge in [-0.25, -0.2) is 0 Å². The van der Waals surface area contributed by atoms with E-state index >= 15 is 0 Å². The van der Waals surface area contributed by atoms with Crippen LogP contribution in [0.2, 0.25) is 0 Å². The van der Waals surface area contributed by atoms with Crippen LogP contribution >= 0.6 is 0 Å². The lowest BCUT2D eigenvalue weighted by atomic mass is 9.90. The molecule has 0 aromatic heterocycles. The molecule has 132 valence electrons. The molecule has 2 aliphatic rings. The highest BCUT2D eigenvalue weighted by molar-refractivity contribution is 5.73. The highest BCUT2D eigenvalue weighted by Crippen LogP contribution is 2.28. The Kier molecular flexibility index (Phi) is 5.11. The third-order valence-corrected chi connectivity index (χ3v) is 5.20. The molecule has 1 heterocycles. The van der Waals surface area contributed by atoms with E-state index in [1.54, 1.807) is 11.8 Å². The molecule has 0 bridgehead atoms. The normalized spacial score (nSPS) is 25.9. The first-order valence-electron chi connectivity index (χ1n) is 8.87. The number of carbonyl (C=O) groups excluding carboxylic acids is 1. The maximum Gasteiger partial charge on any atom is 0.219 e. The van der Waals surface area contributed by atoms with Gasteiger partial charge in [0.2, 0.25) is 5.91 Å². The van der Waals surface area contributed by atoms with Gasteiger partial charge >= 0.3 is 0 Å². The van der Waals surface area contributed by atoms with Gasteiger partial charge in [0.1, 0.15) is 18.0 Å². The first kappa shape index (κ1) is 17.2. The third kappa shape index (κ3) is 4.08. The van der Waals surface area contributed by atoms with Gasteiger partial charge < -0.3 is 14.7 Å². The molecule has 24 heavy (non-hydrogen) atoms. The fourth-order valence-corrected chi connectivity index (χ4v) is 3.47. The maximum absolute atomic E-state index is 11.9. The predicted octanol–water partition coefficient (Wildman–Crippen LogP) is 1.82. The van der Waals surface area contributed by atoms with Crippen LogP contribution < -0.4 is 4.74 Å². The molecule has 1 aromatic rings. The second-order valence-electron chi connectivity index (χ2n) is 7.32. The summed E-state index contributed by atoms with van der Waals surface area (Å²) in [4.78, 5) is 16.0. The Balaban J connectivity index is 1.69. The van der Waals surface area contributed by atoms with Gasteiger partial charge in [-0.05, 0) is 31.9 Å². The molecule has 3 rings (SSSR count). The first-order chi connectivity index (χ1) is 11.5. The molecule has 5 nitrogen and oxygen atoms in total. The van der Waals surface area contributed by atoms with Crippen molar-refractivity contribution in [1.29, 1.82) is 0 Å². The van der Waals surface area contributed by atoms with Crippen LogP contribution in [0.4, 0.5) is 0 Å². The van der Waals surface area contributed by atoms with E-state index in [1.165, 1.54) is 24.8 Å². The highest BCUT2D eigenvalue weighted by atomic mass is 16.5. The van der Waals surface area contributed by atoms with Crippen LogP contribution in [0, 0.1) is 6.92 Å². The minimum Gasteiger partial charge on any atom is -0.490 e. The Labute approximate surface area is 144 Å². The van der Waals surface area contributed by atoms with Gasteiger partial charge in [0.05, 0.1) is 6.54 Å². The van der Waals surface area contributed by atoms with E-state index in [1.807, 2.05) is 31.2 Å². The summed E-state index contributed by atoms with van der Waals surface area (Å²) in [5.41, 5.74) is 0.136. The number of hydrogen-bond acceptors (Lipinski definition) is 4. The SMILES string of the molecule is CC(=O)N1CCN(C2CCC2)C[C@](O)(COc2ccc(C)cc2)C1. The van der Waals surface area contributed by atoms with Crippen LogP contribution in [0.3, 0.4) is 0 Å². The Morgan fingerprint density at radius 3 is 2.54 bits per heavy atom. The number of carbonyl (C=O) groups is 1. The van der Waals surface area contributed by atoms with Gasteiger partial charge in [0, 0.05) is 32.6 Å². The molecule has 5 heteroatoms. The van der Waals surface area contributed by atoms with E-state index in [0.717, 1.165) is 12.3 Å². The number of aryl methyl sites for hydroxylation is 1. The number of benzene rings is 1. The number of β-amino-alcohol motifs (C(OH)–C–C–N with tert-alkyl or cyclic N) is 1. The van der Waals surface area contributed by atoms with Crippen LogP contribution in [-0.4, -0.2) is 65.2 Å². The lowest BCUT2D eigenvalue weighted by molar-refractivity contribution is -0.132. The number of nitrogens with zero attached hydrogens (tertiary/aromatic N) is 2. The molecule has 1 aliphatic heterocycles. The standard InChI is InChI=1S/C19H28N2O3/c1-15-6-8-18(9-7-15)24-14-19(23)12-20(16(2)22)10-11-21(13-19)17-4-3-5-17/h6-9,17,23H,3-5,10-14H2,1-2H3/t19-/m0/s1. The zero-order valence-corrected chi connectivity index (χ0v) is 14.7. The summed E-state index contributed by atoms with van der Waals surface area (Å²) in [5, 5.41) is 11.2. The fourth-order valence-electron chi connectivity index (χ4n) is 3.47. The molecule has 0 radical (unpaired) electrons. The van der Waals surface area contributed by atoms with E-state index in [-0.39, 0.29) is 12.5 Å². The molecule has 0 unspecified atom stereocenters. The molecule has 0 spiro atoms. The quantitative estimate of drug-likeness (QED) is 0.914. The summed E-state index contributed by atoms with van der Waals surface area (Å²) in [6.45, 7) is 6.20. The van der Waals surface area contributed by atoms with Crippen molar-refractivity contribution in [3.63, 3.8) is 0 Å². The minimum absolute atomic E-state index is 0.0132. The first-order valence-corrected chi connectivity index (χ1v) is 8.87. The van der Waals surface area contributed by atoms with Crippen molar-refractivity contribution < 1.29 is 14.6 Å². The summed E-state index contributed by atoms with van der Waals surface area (Å²) in [6.07, 6.45) is 3.64. The number of hydrogen-bond donors (Lipinski definition) is 1. The number of rotatable bonds is 4. The molecule has 1 saturated carbocycles. The Morgan fingerprint density at radius 1 is 1.25 bits per heavy atom. The number of aliphatic hydroxyl groups is 1. The Morgan fingerprint density at radius 2 is 1.96 bits per heavy atom. The molecular formula is C19H28N2O3. The average Bonchev–Trinajstić information content (AvgIpc) is 2.65. The molecule has 1 aliphatic carbocycles. The van der Waals surface area contributed by atoms with E-state index in [2.05, 4.69) is 4.90 Å². The van der Waals surface area contributed by atoms with E-state index < -0.39 is 5.60 Å². The lowest BCUT2D eigenvalue weighted by Crippen LogP contribution is -2.54. The second kappa shape index (κ2) is 7.11. The van der Waals surface area contributed by atoms with Crippen LogP contribution in [0.15, 0.2) is 24.3 Å². The number of amides is 1. The van der Waals surface area contributed by atoms with Gasteiger partial charge in [-0.1, -0.05) is 24.1 Å². The fraction of sp³-hybridized carbons (Fsp3) is 0.632.